The van der Waals surface area contributed by atoms with Crippen LogP contribution in [0, 0.1) is 12.8 Å². The van der Waals surface area contributed by atoms with Gasteiger partial charge in [-0.25, -0.2) is 0 Å². The number of aryl methyl sites for hydroxylation is 1. The van der Waals surface area contributed by atoms with Crippen LogP contribution >= 0.6 is 0 Å². The molecule has 0 atom stereocenters. The van der Waals surface area contributed by atoms with Crippen molar-refractivity contribution in [2.24, 2.45) is 5.92 Å². The van der Waals surface area contributed by atoms with E-state index in [0.717, 1.165) is 23.1 Å². The Kier molecular flexibility index (Phi) is 3.57. The average Bonchev–Trinajstić information content (AvgIpc) is 2.16. The van der Waals surface area contributed by atoms with Crippen LogP contribution in [0.2, 0.25) is 0 Å². The molecule has 1 heterocycles. The van der Waals surface area contributed by atoms with E-state index < -0.39 is 0 Å². The molecule has 0 N–H and O–H groups in total. The minimum atomic E-state index is 0.258. The van der Waals surface area contributed by atoms with Gasteiger partial charge in [-0.15, -0.1) is 0 Å². The number of carbonyl (C=O) groups is 1. The van der Waals surface area contributed by atoms with Crippen molar-refractivity contribution in [1.29, 1.82) is 0 Å². The van der Waals surface area contributed by atoms with Crippen LogP contribution in [0.4, 0.5) is 0 Å². The van der Waals surface area contributed by atoms with E-state index in [4.69, 9.17) is 0 Å². The summed E-state index contributed by atoms with van der Waals surface area (Å²) in [6.07, 6.45) is 4.57. The summed E-state index contributed by atoms with van der Waals surface area (Å²) >= 11 is 0. The molecule has 74 valence electrons. The van der Waals surface area contributed by atoms with Crippen LogP contribution in [0.25, 0.3) is 6.08 Å². The molecular weight excluding hydrogens is 174 g/mol. The molecule has 0 radical (unpaired) electrons. The first-order valence-electron chi connectivity index (χ1n) is 4.73. The van der Waals surface area contributed by atoms with E-state index in [-0.39, 0.29) is 5.92 Å². The molecule has 2 nitrogen and oxygen atoms in total. The summed E-state index contributed by atoms with van der Waals surface area (Å²) in [5, 5.41) is 0. The lowest BCUT2D eigenvalue weighted by Crippen LogP contribution is -1.95. The normalized spacial score (nSPS) is 11.9. The molecule has 1 aromatic rings. The minimum Gasteiger partial charge on any atom is -0.298 e. The fraction of sp³-hybridized carbons (Fsp3) is 0.333. The third-order valence-corrected chi connectivity index (χ3v) is 2.07. The third-order valence-electron chi connectivity index (χ3n) is 2.07. The molecule has 0 saturated carbocycles. The number of aromatic nitrogens is 1. The number of nitrogens with zero attached hydrogens (tertiary/aromatic N) is 1. The largest absolute Gasteiger partial charge is 0.298 e. The molecular formula is C12H15NO. The highest BCUT2D eigenvalue weighted by atomic mass is 16.1. The van der Waals surface area contributed by atoms with Crippen molar-refractivity contribution >= 4 is 12.4 Å². The molecule has 0 aliphatic rings. The number of carbonyl (C=O) groups excluding carboxylic acids is 1. The van der Waals surface area contributed by atoms with Crippen molar-refractivity contribution in [3.63, 3.8) is 0 Å². The number of rotatable bonds is 3. The van der Waals surface area contributed by atoms with Gasteiger partial charge in [-0.1, -0.05) is 19.9 Å². The maximum absolute atomic E-state index is 10.7. The number of hydrogen-bond acceptors (Lipinski definition) is 2. The SMILES string of the molecule is Cc1ccc(/C=C(\C=O)C(C)C)cn1. The number of pyridine rings is 1. The Morgan fingerprint density at radius 2 is 2.14 bits per heavy atom. The van der Waals surface area contributed by atoms with E-state index in [9.17, 15) is 4.79 Å². The molecule has 14 heavy (non-hydrogen) atoms. The zero-order valence-electron chi connectivity index (χ0n) is 8.82. The van der Waals surface area contributed by atoms with Crippen LogP contribution in [0.3, 0.4) is 0 Å². The Labute approximate surface area is 84.7 Å². The fourth-order valence-electron chi connectivity index (χ4n) is 1.09. The Balaban J connectivity index is 2.95. The van der Waals surface area contributed by atoms with Crippen LogP contribution < -0.4 is 0 Å². The number of allylic oxidation sites excluding steroid dienone is 1. The van der Waals surface area contributed by atoms with E-state index in [0.29, 0.717) is 0 Å². The summed E-state index contributed by atoms with van der Waals surface area (Å²) in [6.45, 7) is 5.94. The smallest absolute Gasteiger partial charge is 0.146 e. The van der Waals surface area contributed by atoms with Gasteiger partial charge in [0.1, 0.15) is 6.29 Å². The van der Waals surface area contributed by atoms with Gasteiger partial charge in [0.15, 0.2) is 0 Å². The number of aldehydes is 1. The highest BCUT2D eigenvalue weighted by Crippen LogP contribution is 2.12. The van der Waals surface area contributed by atoms with Crippen LogP contribution in [-0.4, -0.2) is 11.3 Å². The van der Waals surface area contributed by atoms with E-state index in [1.54, 1.807) is 6.20 Å². The van der Waals surface area contributed by atoms with Crippen LogP contribution in [0.1, 0.15) is 25.1 Å². The molecule has 0 saturated heterocycles. The Bertz CT molecular complexity index is 336. The van der Waals surface area contributed by atoms with Gasteiger partial charge in [0.2, 0.25) is 0 Å². The minimum absolute atomic E-state index is 0.258. The highest BCUT2D eigenvalue weighted by molar-refractivity contribution is 5.82. The van der Waals surface area contributed by atoms with Crippen molar-refractivity contribution in [2.45, 2.75) is 20.8 Å². The molecule has 1 rings (SSSR count). The van der Waals surface area contributed by atoms with Crippen molar-refractivity contribution < 1.29 is 4.79 Å². The van der Waals surface area contributed by atoms with Gasteiger partial charge in [0, 0.05) is 11.9 Å². The van der Waals surface area contributed by atoms with Crippen molar-refractivity contribution in [3.05, 3.63) is 35.2 Å². The molecule has 0 aliphatic carbocycles. The Morgan fingerprint density at radius 3 is 2.57 bits per heavy atom. The standard InChI is InChI=1S/C12H15NO/c1-9(2)12(8-14)6-11-5-4-10(3)13-7-11/h4-9H,1-3H3/b12-6+. The molecule has 0 spiro atoms. The summed E-state index contributed by atoms with van der Waals surface area (Å²) in [5.41, 5.74) is 2.77. The first-order chi connectivity index (χ1) is 6.63. The first-order valence-corrected chi connectivity index (χ1v) is 4.73. The molecule has 0 bridgehead atoms. The number of hydrogen-bond donors (Lipinski definition) is 0. The molecule has 0 aromatic carbocycles. The van der Waals surface area contributed by atoms with Crippen molar-refractivity contribution in [3.8, 4) is 0 Å². The molecule has 2 heteroatoms. The predicted molar refractivity (Wildman–Crippen MR) is 57.9 cm³/mol. The maximum Gasteiger partial charge on any atom is 0.146 e. The Hall–Kier alpha value is -1.44. The monoisotopic (exact) mass is 189 g/mol. The van der Waals surface area contributed by atoms with Gasteiger partial charge in [-0.2, -0.15) is 0 Å². The van der Waals surface area contributed by atoms with Gasteiger partial charge in [-0.05, 0) is 36.1 Å². The quantitative estimate of drug-likeness (QED) is 0.540. The molecule has 1 aromatic heterocycles. The average molecular weight is 189 g/mol. The molecule has 0 unspecified atom stereocenters. The summed E-state index contributed by atoms with van der Waals surface area (Å²) in [5.74, 6) is 0.258. The summed E-state index contributed by atoms with van der Waals surface area (Å²) in [4.78, 5) is 14.9. The molecule has 0 amide bonds. The highest BCUT2D eigenvalue weighted by Gasteiger charge is 2.01. The third kappa shape index (κ3) is 2.80. The summed E-state index contributed by atoms with van der Waals surface area (Å²) in [6, 6.07) is 3.91. The van der Waals surface area contributed by atoms with Crippen molar-refractivity contribution in [1.82, 2.24) is 4.98 Å². The summed E-state index contributed by atoms with van der Waals surface area (Å²) in [7, 11) is 0. The van der Waals surface area contributed by atoms with Crippen molar-refractivity contribution in [2.75, 3.05) is 0 Å². The summed E-state index contributed by atoms with van der Waals surface area (Å²) < 4.78 is 0. The maximum atomic E-state index is 10.7. The van der Waals surface area contributed by atoms with Gasteiger partial charge >= 0.3 is 0 Å². The van der Waals surface area contributed by atoms with Crippen LogP contribution in [-0.2, 0) is 4.79 Å². The van der Waals surface area contributed by atoms with Gasteiger partial charge < -0.3 is 0 Å². The van der Waals surface area contributed by atoms with E-state index in [1.165, 1.54) is 0 Å². The lowest BCUT2D eigenvalue weighted by molar-refractivity contribution is -0.105. The van der Waals surface area contributed by atoms with Gasteiger partial charge in [-0.3, -0.25) is 9.78 Å². The van der Waals surface area contributed by atoms with Crippen LogP contribution in [0.5, 0.6) is 0 Å². The second-order valence-electron chi connectivity index (χ2n) is 3.65. The van der Waals surface area contributed by atoms with E-state index >= 15 is 0 Å². The second-order valence-corrected chi connectivity index (χ2v) is 3.65. The fourth-order valence-corrected chi connectivity index (χ4v) is 1.09. The zero-order valence-corrected chi connectivity index (χ0v) is 8.82. The Morgan fingerprint density at radius 1 is 1.43 bits per heavy atom. The predicted octanol–water partition coefficient (Wildman–Crippen LogP) is 2.63. The van der Waals surface area contributed by atoms with Crippen LogP contribution in [0.15, 0.2) is 23.9 Å². The lowest BCUT2D eigenvalue weighted by Gasteiger charge is -2.03. The van der Waals surface area contributed by atoms with E-state index in [1.807, 2.05) is 39.0 Å². The topological polar surface area (TPSA) is 30.0 Å². The molecule has 0 aliphatic heterocycles. The second kappa shape index (κ2) is 4.70. The zero-order chi connectivity index (χ0) is 10.6. The molecule has 0 fully saturated rings. The van der Waals surface area contributed by atoms with E-state index in [2.05, 4.69) is 4.98 Å². The first kappa shape index (κ1) is 10.6. The lowest BCUT2D eigenvalue weighted by atomic mass is 10.0. The van der Waals surface area contributed by atoms with Gasteiger partial charge in [0.25, 0.3) is 0 Å². The van der Waals surface area contributed by atoms with Gasteiger partial charge in [0.05, 0.1) is 0 Å².